The fourth-order valence-corrected chi connectivity index (χ4v) is 2.84. The van der Waals surface area contributed by atoms with Gasteiger partial charge in [0.25, 0.3) is 0 Å². The SMILES string of the molecule is CCCCN(c1nc(C2CC2)nc(NCC)c1C)C1CC1. The van der Waals surface area contributed by atoms with Crippen LogP contribution in [0.5, 0.6) is 0 Å². The van der Waals surface area contributed by atoms with Crippen LogP contribution in [0.1, 0.15) is 69.7 Å². The average molecular weight is 288 g/mol. The molecule has 0 aromatic carbocycles. The number of hydrogen-bond acceptors (Lipinski definition) is 4. The van der Waals surface area contributed by atoms with E-state index in [0.717, 1.165) is 24.7 Å². The van der Waals surface area contributed by atoms with Crippen molar-refractivity contribution in [2.75, 3.05) is 23.3 Å². The fraction of sp³-hybridized carbons (Fsp3) is 0.765. The molecule has 2 fully saturated rings. The number of unbranched alkanes of at least 4 members (excludes halogenated alkanes) is 1. The van der Waals surface area contributed by atoms with Crippen molar-refractivity contribution in [3.05, 3.63) is 11.4 Å². The topological polar surface area (TPSA) is 41.1 Å². The van der Waals surface area contributed by atoms with E-state index in [1.807, 2.05) is 0 Å². The van der Waals surface area contributed by atoms with Crippen molar-refractivity contribution in [3.63, 3.8) is 0 Å². The van der Waals surface area contributed by atoms with Crippen molar-refractivity contribution in [1.82, 2.24) is 9.97 Å². The highest BCUT2D eigenvalue weighted by Crippen LogP contribution is 2.41. The second kappa shape index (κ2) is 6.20. The summed E-state index contributed by atoms with van der Waals surface area (Å²) in [6.45, 7) is 8.62. The monoisotopic (exact) mass is 288 g/mol. The molecule has 116 valence electrons. The van der Waals surface area contributed by atoms with Gasteiger partial charge in [0.2, 0.25) is 0 Å². The average Bonchev–Trinajstić information content (AvgIpc) is 3.35. The maximum Gasteiger partial charge on any atom is 0.137 e. The van der Waals surface area contributed by atoms with Gasteiger partial charge in [-0.05, 0) is 46.0 Å². The molecule has 0 radical (unpaired) electrons. The van der Waals surface area contributed by atoms with E-state index in [1.54, 1.807) is 0 Å². The molecule has 0 aliphatic heterocycles. The van der Waals surface area contributed by atoms with E-state index in [1.165, 1.54) is 49.9 Å². The van der Waals surface area contributed by atoms with Gasteiger partial charge in [-0.25, -0.2) is 9.97 Å². The number of nitrogens with one attached hydrogen (secondary N) is 1. The molecule has 3 rings (SSSR count). The predicted octanol–water partition coefficient (Wildman–Crippen LogP) is 3.86. The zero-order valence-corrected chi connectivity index (χ0v) is 13.7. The van der Waals surface area contributed by atoms with Crippen LogP contribution in [0.2, 0.25) is 0 Å². The van der Waals surface area contributed by atoms with Gasteiger partial charge in [0.05, 0.1) is 0 Å². The van der Waals surface area contributed by atoms with Crippen LogP contribution in [0.25, 0.3) is 0 Å². The Hall–Kier alpha value is -1.32. The van der Waals surface area contributed by atoms with E-state index in [9.17, 15) is 0 Å². The summed E-state index contributed by atoms with van der Waals surface area (Å²) < 4.78 is 0. The third-order valence-corrected chi connectivity index (χ3v) is 4.44. The summed E-state index contributed by atoms with van der Waals surface area (Å²) in [5.74, 6) is 3.91. The zero-order valence-electron chi connectivity index (χ0n) is 13.7. The molecule has 21 heavy (non-hydrogen) atoms. The van der Waals surface area contributed by atoms with Gasteiger partial charge in [0.15, 0.2) is 0 Å². The molecule has 1 heterocycles. The van der Waals surface area contributed by atoms with Gasteiger partial charge in [-0.2, -0.15) is 0 Å². The maximum atomic E-state index is 4.97. The lowest BCUT2D eigenvalue weighted by Gasteiger charge is -2.26. The summed E-state index contributed by atoms with van der Waals surface area (Å²) in [4.78, 5) is 12.3. The summed E-state index contributed by atoms with van der Waals surface area (Å²) in [5, 5.41) is 3.43. The number of anilines is 2. The van der Waals surface area contributed by atoms with Crippen molar-refractivity contribution in [2.45, 2.75) is 71.3 Å². The third kappa shape index (κ3) is 3.30. The first-order valence-electron chi connectivity index (χ1n) is 8.63. The third-order valence-electron chi connectivity index (χ3n) is 4.44. The normalized spacial score (nSPS) is 17.9. The molecular formula is C17H28N4. The molecule has 0 atom stereocenters. The zero-order chi connectivity index (χ0) is 14.8. The van der Waals surface area contributed by atoms with Crippen molar-refractivity contribution < 1.29 is 0 Å². The highest BCUT2D eigenvalue weighted by Gasteiger charge is 2.33. The second-order valence-corrected chi connectivity index (χ2v) is 6.46. The molecular weight excluding hydrogens is 260 g/mol. The molecule has 0 unspecified atom stereocenters. The molecule has 4 nitrogen and oxygen atoms in total. The minimum atomic E-state index is 0.606. The minimum absolute atomic E-state index is 0.606. The molecule has 4 heteroatoms. The Balaban J connectivity index is 1.93. The Kier molecular flexibility index (Phi) is 4.32. The lowest BCUT2D eigenvalue weighted by molar-refractivity contribution is 0.697. The lowest BCUT2D eigenvalue weighted by atomic mass is 10.2. The first-order valence-corrected chi connectivity index (χ1v) is 8.63. The summed E-state index contributed by atoms with van der Waals surface area (Å²) in [7, 11) is 0. The largest absolute Gasteiger partial charge is 0.370 e. The van der Waals surface area contributed by atoms with Gasteiger partial charge in [-0.15, -0.1) is 0 Å². The highest BCUT2D eigenvalue weighted by atomic mass is 15.3. The van der Waals surface area contributed by atoms with Crippen LogP contribution >= 0.6 is 0 Å². The molecule has 0 bridgehead atoms. The second-order valence-electron chi connectivity index (χ2n) is 6.46. The van der Waals surface area contributed by atoms with Gasteiger partial charge in [0.1, 0.15) is 17.5 Å². The summed E-state index contributed by atoms with van der Waals surface area (Å²) >= 11 is 0. The highest BCUT2D eigenvalue weighted by molar-refractivity contribution is 5.60. The number of hydrogen-bond donors (Lipinski definition) is 1. The van der Waals surface area contributed by atoms with Crippen molar-refractivity contribution >= 4 is 11.6 Å². The standard InChI is InChI=1S/C17H28N4/c1-4-6-11-21(14-9-10-14)17-12(3)15(18-5-2)19-16(20-17)13-7-8-13/h13-14H,4-11H2,1-3H3,(H,18,19,20). The first kappa shape index (κ1) is 14.6. The van der Waals surface area contributed by atoms with Crippen LogP contribution in [-0.2, 0) is 0 Å². The van der Waals surface area contributed by atoms with Crippen molar-refractivity contribution in [2.24, 2.45) is 0 Å². The van der Waals surface area contributed by atoms with E-state index in [-0.39, 0.29) is 0 Å². The molecule has 1 aromatic rings. The van der Waals surface area contributed by atoms with Gasteiger partial charge >= 0.3 is 0 Å². The fourth-order valence-electron chi connectivity index (χ4n) is 2.84. The predicted molar refractivity (Wildman–Crippen MR) is 88.2 cm³/mol. The minimum Gasteiger partial charge on any atom is -0.370 e. The van der Waals surface area contributed by atoms with Gasteiger partial charge < -0.3 is 10.2 Å². The van der Waals surface area contributed by atoms with Crippen LogP contribution in [-0.4, -0.2) is 29.1 Å². The Morgan fingerprint density at radius 1 is 1.14 bits per heavy atom. The van der Waals surface area contributed by atoms with E-state index < -0.39 is 0 Å². The molecule has 1 N–H and O–H groups in total. The Bertz CT molecular complexity index is 492. The Morgan fingerprint density at radius 2 is 1.90 bits per heavy atom. The van der Waals surface area contributed by atoms with Crippen LogP contribution in [0, 0.1) is 6.92 Å². The number of nitrogens with zero attached hydrogens (tertiary/aromatic N) is 3. The van der Waals surface area contributed by atoms with E-state index >= 15 is 0 Å². The Morgan fingerprint density at radius 3 is 2.48 bits per heavy atom. The lowest BCUT2D eigenvalue weighted by Crippen LogP contribution is -2.29. The van der Waals surface area contributed by atoms with Crippen LogP contribution < -0.4 is 10.2 Å². The smallest absolute Gasteiger partial charge is 0.137 e. The van der Waals surface area contributed by atoms with E-state index in [2.05, 4.69) is 31.0 Å². The molecule has 1 aromatic heterocycles. The van der Waals surface area contributed by atoms with Crippen LogP contribution in [0.4, 0.5) is 11.6 Å². The molecule has 0 amide bonds. The van der Waals surface area contributed by atoms with Gasteiger partial charge in [0, 0.05) is 30.6 Å². The first-order chi connectivity index (χ1) is 10.2. The molecule has 0 spiro atoms. The van der Waals surface area contributed by atoms with E-state index in [4.69, 9.17) is 9.97 Å². The van der Waals surface area contributed by atoms with Crippen molar-refractivity contribution in [3.8, 4) is 0 Å². The summed E-state index contributed by atoms with van der Waals surface area (Å²) in [5.41, 5.74) is 1.23. The maximum absolute atomic E-state index is 4.97. The molecule has 2 saturated carbocycles. The number of aromatic nitrogens is 2. The van der Waals surface area contributed by atoms with Crippen LogP contribution in [0.15, 0.2) is 0 Å². The Labute approximate surface area is 128 Å². The molecule has 2 aliphatic carbocycles. The number of rotatable bonds is 8. The molecule has 2 aliphatic rings. The summed E-state index contributed by atoms with van der Waals surface area (Å²) in [6, 6.07) is 0.715. The molecule has 0 saturated heterocycles. The van der Waals surface area contributed by atoms with Crippen LogP contribution in [0.3, 0.4) is 0 Å². The van der Waals surface area contributed by atoms with Gasteiger partial charge in [-0.1, -0.05) is 13.3 Å². The van der Waals surface area contributed by atoms with Gasteiger partial charge in [-0.3, -0.25) is 0 Å². The summed E-state index contributed by atoms with van der Waals surface area (Å²) in [6.07, 6.45) is 7.64. The van der Waals surface area contributed by atoms with E-state index in [0.29, 0.717) is 12.0 Å². The van der Waals surface area contributed by atoms with Crippen molar-refractivity contribution in [1.29, 1.82) is 0 Å². The quantitative estimate of drug-likeness (QED) is 0.788.